The van der Waals surface area contributed by atoms with Crippen LogP contribution in [0.3, 0.4) is 0 Å². The number of carbonyl (C=O) groups excluding carboxylic acids is 2. The van der Waals surface area contributed by atoms with Gasteiger partial charge in [-0.25, -0.2) is 8.42 Å². The monoisotopic (exact) mass is 501 g/mol. The summed E-state index contributed by atoms with van der Waals surface area (Å²) in [5.41, 5.74) is 0.667. The molecule has 0 spiro atoms. The van der Waals surface area contributed by atoms with Gasteiger partial charge in [-0.2, -0.15) is 4.31 Å². The number of sulfonamides is 1. The number of fused-ring (bicyclic) bond motifs is 1. The first-order chi connectivity index (χ1) is 16.2. The van der Waals surface area contributed by atoms with Gasteiger partial charge in [0.25, 0.3) is 0 Å². The van der Waals surface area contributed by atoms with Crippen molar-refractivity contribution in [3.05, 3.63) is 77.3 Å². The Labute approximate surface area is 205 Å². The summed E-state index contributed by atoms with van der Waals surface area (Å²) in [6.45, 7) is 1.45. The number of halogens is 1. The van der Waals surface area contributed by atoms with Crippen molar-refractivity contribution in [3.8, 4) is 0 Å². The van der Waals surface area contributed by atoms with Crippen LogP contribution in [0.2, 0.25) is 5.02 Å². The molecule has 3 aromatic carbocycles. The topological polar surface area (TPSA) is 86.8 Å². The van der Waals surface area contributed by atoms with Crippen LogP contribution >= 0.6 is 11.6 Å². The van der Waals surface area contributed by atoms with Crippen molar-refractivity contribution < 1.29 is 18.0 Å². The average molecular weight is 502 g/mol. The highest BCUT2D eigenvalue weighted by atomic mass is 35.5. The molecular formula is C25H28ClN3O4S. The molecule has 3 aromatic rings. The van der Waals surface area contributed by atoms with Crippen LogP contribution in [0.25, 0.3) is 10.8 Å². The molecule has 0 saturated heterocycles. The van der Waals surface area contributed by atoms with Gasteiger partial charge in [-0.1, -0.05) is 67.1 Å². The SMILES string of the molecule is CCC(C(=O)NC)N(Cc1ccccc1Cl)C(=O)CN(C)S(=O)(=O)c1ccc2ccccc2c1. The summed E-state index contributed by atoms with van der Waals surface area (Å²) in [6.07, 6.45) is 0.358. The first-order valence-electron chi connectivity index (χ1n) is 10.9. The second-order valence-electron chi connectivity index (χ2n) is 7.92. The number of hydrogen-bond donors (Lipinski definition) is 1. The van der Waals surface area contributed by atoms with Crippen LogP contribution in [-0.4, -0.2) is 56.1 Å². The lowest BCUT2D eigenvalue weighted by atomic mass is 10.1. The van der Waals surface area contributed by atoms with E-state index in [-0.39, 0.29) is 17.3 Å². The van der Waals surface area contributed by atoms with Gasteiger partial charge < -0.3 is 10.2 Å². The van der Waals surface area contributed by atoms with Crippen molar-refractivity contribution in [2.24, 2.45) is 0 Å². The van der Waals surface area contributed by atoms with E-state index in [4.69, 9.17) is 11.6 Å². The van der Waals surface area contributed by atoms with Gasteiger partial charge in [0.15, 0.2) is 0 Å². The predicted molar refractivity (Wildman–Crippen MR) is 134 cm³/mol. The number of rotatable bonds is 9. The first kappa shape index (κ1) is 25.7. The molecule has 1 atom stereocenters. The third-order valence-corrected chi connectivity index (χ3v) is 7.89. The van der Waals surface area contributed by atoms with E-state index in [0.29, 0.717) is 17.0 Å². The molecule has 1 unspecified atom stereocenters. The molecule has 180 valence electrons. The quantitative estimate of drug-likeness (QED) is 0.484. The molecule has 1 N–H and O–H groups in total. The van der Waals surface area contributed by atoms with Crippen molar-refractivity contribution in [2.75, 3.05) is 20.6 Å². The molecule has 0 bridgehead atoms. The Balaban J connectivity index is 1.89. The van der Waals surface area contributed by atoms with Crippen LogP contribution in [-0.2, 0) is 26.2 Å². The summed E-state index contributed by atoms with van der Waals surface area (Å²) < 4.78 is 27.5. The molecule has 3 rings (SSSR count). The van der Waals surface area contributed by atoms with Crippen molar-refractivity contribution >= 4 is 44.2 Å². The normalized spacial score (nSPS) is 12.5. The van der Waals surface area contributed by atoms with E-state index in [9.17, 15) is 18.0 Å². The Kier molecular flexibility index (Phi) is 8.30. The van der Waals surface area contributed by atoms with Crippen molar-refractivity contribution in [1.82, 2.24) is 14.5 Å². The standard InChI is InChI=1S/C25H28ClN3O4S/c1-4-23(25(31)27-2)29(16-20-11-7-8-12-22(20)26)24(30)17-28(3)34(32,33)21-14-13-18-9-5-6-10-19(18)15-21/h5-15,23H,4,16-17H2,1-3H3,(H,27,31). The number of likely N-dealkylation sites (N-methyl/N-ethyl adjacent to an activating group) is 2. The van der Waals surface area contributed by atoms with Gasteiger partial charge in [0, 0.05) is 25.7 Å². The van der Waals surface area contributed by atoms with Crippen LogP contribution in [0.15, 0.2) is 71.6 Å². The zero-order valence-corrected chi connectivity index (χ0v) is 20.9. The van der Waals surface area contributed by atoms with Crippen LogP contribution in [0.5, 0.6) is 0 Å². The molecule has 7 nitrogen and oxygen atoms in total. The molecule has 34 heavy (non-hydrogen) atoms. The minimum absolute atomic E-state index is 0.0777. The van der Waals surface area contributed by atoms with Gasteiger partial charge >= 0.3 is 0 Å². The van der Waals surface area contributed by atoms with E-state index in [1.165, 1.54) is 25.1 Å². The Morgan fingerprint density at radius 2 is 1.65 bits per heavy atom. The number of nitrogens with zero attached hydrogens (tertiary/aromatic N) is 2. The molecule has 2 amide bonds. The molecule has 0 aliphatic carbocycles. The molecular weight excluding hydrogens is 474 g/mol. The van der Waals surface area contributed by atoms with E-state index in [2.05, 4.69) is 5.32 Å². The van der Waals surface area contributed by atoms with E-state index >= 15 is 0 Å². The Morgan fingerprint density at radius 1 is 1.00 bits per heavy atom. The number of benzene rings is 3. The van der Waals surface area contributed by atoms with Crippen LogP contribution in [0.4, 0.5) is 0 Å². The van der Waals surface area contributed by atoms with Crippen molar-refractivity contribution in [3.63, 3.8) is 0 Å². The summed E-state index contributed by atoms with van der Waals surface area (Å²) in [5, 5.41) is 4.75. The maximum absolute atomic E-state index is 13.4. The Hall–Kier alpha value is -2.94. The Morgan fingerprint density at radius 3 is 2.29 bits per heavy atom. The molecule has 0 radical (unpaired) electrons. The molecule has 0 heterocycles. The fourth-order valence-corrected chi connectivity index (χ4v) is 5.12. The fraction of sp³-hybridized carbons (Fsp3) is 0.280. The van der Waals surface area contributed by atoms with E-state index in [1.807, 2.05) is 24.3 Å². The second kappa shape index (κ2) is 11.0. The third kappa shape index (κ3) is 5.58. The maximum Gasteiger partial charge on any atom is 0.243 e. The van der Waals surface area contributed by atoms with Gasteiger partial charge in [-0.3, -0.25) is 9.59 Å². The van der Waals surface area contributed by atoms with Gasteiger partial charge in [-0.05, 0) is 41.0 Å². The first-order valence-corrected chi connectivity index (χ1v) is 12.7. The molecule has 9 heteroatoms. The number of hydrogen-bond acceptors (Lipinski definition) is 4. The molecule has 0 saturated carbocycles. The molecule has 0 aliphatic heterocycles. The highest BCUT2D eigenvalue weighted by molar-refractivity contribution is 7.89. The summed E-state index contributed by atoms with van der Waals surface area (Å²) in [4.78, 5) is 27.4. The second-order valence-corrected chi connectivity index (χ2v) is 10.4. The highest BCUT2D eigenvalue weighted by Gasteiger charge is 2.31. The van der Waals surface area contributed by atoms with E-state index < -0.39 is 28.5 Å². The minimum Gasteiger partial charge on any atom is -0.357 e. The van der Waals surface area contributed by atoms with E-state index in [0.717, 1.165) is 15.1 Å². The number of nitrogens with one attached hydrogen (secondary N) is 1. The van der Waals surface area contributed by atoms with Crippen LogP contribution < -0.4 is 5.32 Å². The lowest BCUT2D eigenvalue weighted by Crippen LogP contribution is -2.51. The predicted octanol–water partition coefficient (Wildman–Crippen LogP) is 3.67. The highest BCUT2D eigenvalue weighted by Crippen LogP contribution is 2.23. The van der Waals surface area contributed by atoms with E-state index in [1.54, 1.807) is 43.3 Å². The van der Waals surface area contributed by atoms with Crippen LogP contribution in [0, 0.1) is 0 Å². The fourth-order valence-electron chi connectivity index (χ4n) is 3.77. The van der Waals surface area contributed by atoms with Gasteiger partial charge in [-0.15, -0.1) is 0 Å². The minimum atomic E-state index is -3.94. The third-order valence-electron chi connectivity index (χ3n) is 5.72. The summed E-state index contributed by atoms with van der Waals surface area (Å²) in [5.74, 6) is -0.829. The average Bonchev–Trinajstić information content (AvgIpc) is 2.84. The molecule has 0 aliphatic rings. The molecule has 0 fully saturated rings. The van der Waals surface area contributed by atoms with Gasteiger partial charge in [0.05, 0.1) is 11.4 Å². The van der Waals surface area contributed by atoms with Gasteiger partial charge in [0.1, 0.15) is 6.04 Å². The van der Waals surface area contributed by atoms with Crippen molar-refractivity contribution in [2.45, 2.75) is 30.8 Å². The van der Waals surface area contributed by atoms with Gasteiger partial charge in [0.2, 0.25) is 21.8 Å². The summed E-state index contributed by atoms with van der Waals surface area (Å²) in [7, 11) is -1.08. The summed E-state index contributed by atoms with van der Waals surface area (Å²) in [6, 6.07) is 18.6. The van der Waals surface area contributed by atoms with Crippen LogP contribution in [0.1, 0.15) is 18.9 Å². The lowest BCUT2D eigenvalue weighted by Gasteiger charge is -2.31. The smallest absolute Gasteiger partial charge is 0.243 e. The maximum atomic E-state index is 13.4. The van der Waals surface area contributed by atoms with Crippen molar-refractivity contribution in [1.29, 1.82) is 0 Å². The largest absolute Gasteiger partial charge is 0.357 e. The lowest BCUT2D eigenvalue weighted by molar-refractivity contribution is -0.141. The number of amides is 2. The summed E-state index contributed by atoms with van der Waals surface area (Å²) >= 11 is 6.30. The number of carbonyl (C=O) groups is 2. The Bertz CT molecular complexity index is 1300. The molecule has 0 aromatic heterocycles. The zero-order valence-electron chi connectivity index (χ0n) is 19.4. The zero-order chi connectivity index (χ0) is 24.9.